The van der Waals surface area contributed by atoms with Gasteiger partial charge < -0.3 is 10.6 Å². The van der Waals surface area contributed by atoms with Gasteiger partial charge in [0.25, 0.3) is 0 Å². The highest BCUT2D eigenvalue weighted by atomic mass is 32.2. The molecule has 1 rings (SSSR count). The van der Waals surface area contributed by atoms with Crippen LogP contribution in [0, 0.1) is 6.92 Å². The summed E-state index contributed by atoms with van der Waals surface area (Å²) in [5, 5.41) is 6.07. The predicted molar refractivity (Wildman–Crippen MR) is 95.2 cm³/mol. The van der Waals surface area contributed by atoms with E-state index in [1.54, 1.807) is 19.1 Å². The van der Waals surface area contributed by atoms with Gasteiger partial charge in [-0.15, -0.1) is 0 Å². The predicted octanol–water partition coefficient (Wildman–Crippen LogP) is 2.47. The third-order valence-electron chi connectivity index (χ3n) is 3.65. The summed E-state index contributed by atoms with van der Waals surface area (Å²) in [6.45, 7) is 9.54. The van der Waals surface area contributed by atoms with Crippen LogP contribution in [0.2, 0.25) is 0 Å². The first-order valence-electron chi connectivity index (χ1n) is 7.60. The van der Waals surface area contributed by atoms with Crippen LogP contribution < -0.4 is 15.4 Å². The molecule has 0 saturated carbocycles. The Bertz CT molecular complexity index is 669. The Morgan fingerprint density at radius 1 is 1.30 bits per heavy atom. The highest BCUT2D eigenvalue weighted by molar-refractivity contribution is 7.92. The van der Waals surface area contributed by atoms with E-state index >= 15 is 0 Å². The van der Waals surface area contributed by atoms with Crippen LogP contribution in [0.15, 0.2) is 18.2 Å². The van der Waals surface area contributed by atoms with Gasteiger partial charge in [-0.3, -0.25) is 9.52 Å². The van der Waals surface area contributed by atoms with Crippen molar-refractivity contribution in [3.63, 3.8) is 0 Å². The molecule has 0 spiro atoms. The zero-order chi connectivity index (χ0) is 17.8. The fourth-order valence-electron chi connectivity index (χ4n) is 1.87. The largest absolute Gasteiger partial charge is 0.374 e. The van der Waals surface area contributed by atoms with Crippen LogP contribution >= 0.6 is 0 Å². The van der Waals surface area contributed by atoms with Crippen molar-refractivity contribution >= 4 is 27.3 Å². The molecule has 130 valence electrons. The molecule has 0 fully saturated rings. The van der Waals surface area contributed by atoms with Crippen molar-refractivity contribution in [1.82, 2.24) is 5.32 Å². The van der Waals surface area contributed by atoms with Crippen LogP contribution in [-0.4, -0.2) is 32.2 Å². The zero-order valence-corrected chi connectivity index (χ0v) is 15.5. The first-order valence-corrected chi connectivity index (χ1v) is 9.49. The summed E-state index contributed by atoms with van der Waals surface area (Å²) in [4.78, 5) is 12.2. The number of hydrogen-bond acceptors (Lipinski definition) is 4. The third kappa shape index (κ3) is 6.48. The zero-order valence-electron chi connectivity index (χ0n) is 14.6. The molecule has 0 aliphatic heterocycles. The Labute approximate surface area is 139 Å². The maximum Gasteiger partial charge on any atom is 0.242 e. The first-order chi connectivity index (χ1) is 10.4. The number of anilines is 2. The average molecular weight is 341 g/mol. The van der Waals surface area contributed by atoms with Gasteiger partial charge in [0, 0.05) is 11.2 Å². The van der Waals surface area contributed by atoms with Crippen LogP contribution in [0.4, 0.5) is 11.4 Å². The summed E-state index contributed by atoms with van der Waals surface area (Å²) < 4.78 is 25.2. The normalized spacial score (nSPS) is 13.3. The fourth-order valence-corrected chi connectivity index (χ4v) is 2.49. The molecule has 0 aliphatic rings. The molecule has 0 saturated heterocycles. The molecule has 1 aromatic rings. The van der Waals surface area contributed by atoms with Gasteiger partial charge in [0.1, 0.15) is 6.04 Å². The second-order valence-electron chi connectivity index (χ2n) is 6.50. The maximum absolute atomic E-state index is 12.2. The lowest BCUT2D eigenvalue weighted by atomic mass is 10.0. The molecule has 0 aliphatic carbocycles. The maximum atomic E-state index is 12.2. The number of amides is 1. The molecule has 0 bridgehead atoms. The van der Waals surface area contributed by atoms with E-state index in [-0.39, 0.29) is 11.4 Å². The highest BCUT2D eigenvalue weighted by Gasteiger charge is 2.21. The number of rotatable bonds is 7. The molecular weight excluding hydrogens is 314 g/mol. The Morgan fingerprint density at radius 3 is 2.43 bits per heavy atom. The summed E-state index contributed by atoms with van der Waals surface area (Å²) in [6.07, 6.45) is 1.94. The van der Waals surface area contributed by atoms with Crippen molar-refractivity contribution in [2.75, 3.05) is 16.3 Å². The van der Waals surface area contributed by atoms with Gasteiger partial charge in [-0.1, -0.05) is 13.0 Å². The first kappa shape index (κ1) is 19.3. The smallest absolute Gasteiger partial charge is 0.242 e. The monoisotopic (exact) mass is 341 g/mol. The number of carbonyl (C=O) groups is 1. The van der Waals surface area contributed by atoms with Gasteiger partial charge in [-0.2, -0.15) is 0 Å². The summed E-state index contributed by atoms with van der Waals surface area (Å²) in [5.74, 6) is -0.102. The summed E-state index contributed by atoms with van der Waals surface area (Å²) in [5.41, 5.74) is 1.73. The van der Waals surface area contributed by atoms with Gasteiger partial charge >= 0.3 is 0 Å². The van der Waals surface area contributed by atoms with Gasteiger partial charge in [0.2, 0.25) is 15.9 Å². The van der Waals surface area contributed by atoms with E-state index in [1.165, 1.54) is 0 Å². The van der Waals surface area contributed by atoms with E-state index in [9.17, 15) is 13.2 Å². The second kappa shape index (κ2) is 7.21. The highest BCUT2D eigenvalue weighted by Crippen LogP contribution is 2.22. The fraction of sp³-hybridized carbons (Fsp3) is 0.562. The minimum absolute atomic E-state index is 0.102. The molecule has 23 heavy (non-hydrogen) atoms. The Balaban J connectivity index is 2.85. The van der Waals surface area contributed by atoms with E-state index < -0.39 is 16.1 Å². The third-order valence-corrected chi connectivity index (χ3v) is 4.25. The number of nitrogens with one attached hydrogen (secondary N) is 3. The lowest BCUT2D eigenvalue weighted by Crippen LogP contribution is -2.48. The molecule has 1 atom stereocenters. The van der Waals surface area contributed by atoms with E-state index in [0.29, 0.717) is 11.4 Å². The number of sulfonamides is 1. The lowest BCUT2D eigenvalue weighted by molar-refractivity contribution is -0.123. The summed E-state index contributed by atoms with van der Waals surface area (Å²) in [7, 11) is -3.35. The molecule has 0 unspecified atom stereocenters. The molecule has 1 amide bonds. The molecule has 0 aromatic heterocycles. The number of hydrogen-bond donors (Lipinski definition) is 3. The Kier molecular flexibility index (Phi) is 6.04. The van der Waals surface area contributed by atoms with Crippen LogP contribution in [0.3, 0.4) is 0 Å². The number of benzene rings is 1. The van der Waals surface area contributed by atoms with E-state index in [4.69, 9.17) is 0 Å². The molecule has 7 heteroatoms. The van der Waals surface area contributed by atoms with E-state index in [0.717, 1.165) is 18.2 Å². The van der Waals surface area contributed by atoms with Crippen LogP contribution in [0.5, 0.6) is 0 Å². The van der Waals surface area contributed by atoms with Crippen molar-refractivity contribution in [2.45, 2.75) is 52.6 Å². The lowest BCUT2D eigenvalue weighted by Gasteiger charge is -2.27. The van der Waals surface area contributed by atoms with Gasteiger partial charge in [0.15, 0.2) is 0 Å². The molecule has 1 aromatic carbocycles. The number of aryl methyl sites for hydroxylation is 1. The Hall–Kier alpha value is -1.76. The van der Waals surface area contributed by atoms with Crippen LogP contribution in [-0.2, 0) is 14.8 Å². The van der Waals surface area contributed by atoms with Crippen molar-refractivity contribution in [3.8, 4) is 0 Å². The quantitative estimate of drug-likeness (QED) is 0.711. The molecule has 3 N–H and O–H groups in total. The van der Waals surface area contributed by atoms with Crippen molar-refractivity contribution < 1.29 is 13.2 Å². The average Bonchev–Trinajstić information content (AvgIpc) is 2.40. The molecule has 6 nitrogen and oxygen atoms in total. The summed E-state index contributed by atoms with van der Waals surface area (Å²) in [6, 6.07) is 4.87. The van der Waals surface area contributed by atoms with Crippen molar-refractivity contribution in [1.29, 1.82) is 0 Å². The van der Waals surface area contributed by atoms with Crippen molar-refractivity contribution in [2.24, 2.45) is 0 Å². The minimum atomic E-state index is -3.35. The molecule has 0 radical (unpaired) electrons. The standard InChI is InChI=1S/C16H27N3O3S/c1-7-16(4,5)18-15(20)12(3)17-13-9-8-11(2)14(10-13)19-23(6,21)22/h8-10,12,17,19H,7H2,1-6H3,(H,18,20)/t12-/m0/s1. The Morgan fingerprint density at radius 2 is 1.91 bits per heavy atom. The van der Waals surface area contributed by atoms with Crippen molar-refractivity contribution in [3.05, 3.63) is 23.8 Å². The second-order valence-corrected chi connectivity index (χ2v) is 8.25. The van der Waals surface area contributed by atoms with Gasteiger partial charge in [-0.05, 0) is 51.8 Å². The number of carbonyl (C=O) groups excluding carboxylic acids is 1. The van der Waals surface area contributed by atoms with Gasteiger partial charge in [-0.25, -0.2) is 8.42 Å². The topological polar surface area (TPSA) is 87.3 Å². The minimum Gasteiger partial charge on any atom is -0.374 e. The molecule has 0 heterocycles. The van der Waals surface area contributed by atoms with Gasteiger partial charge in [0.05, 0.1) is 11.9 Å². The van der Waals surface area contributed by atoms with Crippen LogP contribution in [0.1, 0.15) is 39.7 Å². The molecular formula is C16H27N3O3S. The van der Waals surface area contributed by atoms with Crippen LogP contribution in [0.25, 0.3) is 0 Å². The summed E-state index contributed by atoms with van der Waals surface area (Å²) >= 11 is 0. The van der Waals surface area contributed by atoms with E-state index in [2.05, 4.69) is 15.4 Å². The van der Waals surface area contributed by atoms with E-state index in [1.807, 2.05) is 33.8 Å². The SMILES string of the molecule is CCC(C)(C)NC(=O)[C@H](C)Nc1ccc(C)c(NS(C)(=O)=O)c1.